The maximum Gasteiger partial charge on any atom is 0.220 e. The van der Waals surface area contributed by atoms with E-state index in [0.717, 1.165) is 51.4 Å². The van der Waals surface area contributed by atoms with Gasteiger partial charge in [-0.1, -0.05) is 248 Å². The molecule has 4 heteroatoms. The van der Waals surface area contributed by atoms with E-state index in [9.17, 15) is 15.0 Å². The monoisotopic (exact) mass is 796 g/mol. The fourth-order valence-electron chi connectivity index (χ4n) is 7.46. The smallest absolute Gasteiger partial charge is 0.220 e. The molecule has 4 nitrogen and oxygen atoms in total. The zero-order valence-electron chi connectivity index (χ0n) is 38.1. The lowest BCUT2D eigenvalue weighted by molar-refractivity contribution is -0.123. The van der Waals surface area contributed by atoms with Gasteiger partial charge in [0, 0.05) is 6.42 Å². The van der Waals surface area contributed by atoms with Crippen LogP contribution in [0.2, 0.25) is 0 Å². The van der Waals surface area contributed by atoms with Crippen LogP contribution in [0.1, 0.15) is 251 Å². The summed E-state index contributed by atoms with van der Waals surface area (Å²) in [6, 6.07) is -0.625. The number of unbranched alkanes of at least 4 members (excludes halogenated alkanes) is 30. The number of nitrogens with one attached hydrogen (secondary N) is 1. The van der Waals surface area contributed by atoms with E-state index in [1.165, 1.54) is 180 Å². The quantitative estimate of drug-likeness (QED) is 0.0425. The Labute approximate surface area is 356 Å². The lowest BCUT2D eigenvalue weighted by Gasteiger charge is -2.20. The average Bonchev–Trinajstić information content (AvgIpc) is 3.22. The Kier molecular flexibility index (Phi) is 46.8. The van der Waals surface area contributed by atoms with E-state index in [1.54, 1.807) is 6.08 Å². The highest BCUT2D eigenvalue weighted by Gasteiger charge is 2.18. The lowest BCUT2D eigenvalue weighted by Crippen LogP contribution is -2.45. The number of rotatable bonds is 45. The predicted molar refractivity (Wildman–Crippen MR) is 253 cm³/mol. The first-order valence-corrected chi connectivity index (χ1v) is 25.0. The van der Waals surface area contributed by atoms with Crippen LogP contribution in [-0.2, 0) is 4.79 Å². The summed E-state index contributed by atoms with van der Waals surface area (Å²) in [6.07, 6.45) is 67.8. The fraction of sp³-hybridized carbons (Fsp3) is 0.792. The van der Waals surface area contributed by atoms with Gasteiger partial charge in [0.1, 0.15) is 0 Å². The molecule has 332 valence electrons. The molecule has 0 rings (SSSR count). The zero-order chi connectivity index (χ0) is 41.4. The van der Waals surface area contributed by atoms with E-state index in [1.807, 2.05) is 6.08 Å². The van der Waals surface area contributed by atoms with Gasteiger partial charge >= 0.3 is 0 Å². The minimum atomic E-state index is -0.842. The number of hydrogen-bond acceptors (Lipinski definition) is 3. The Hall–Kier alpha value is -1.91. The third-order valence-corrected chi connectivity index (χ3v) is 11.3. The lowest BCUT2D eigenvalue weighted by atomic mass is 10.0. The first-order chi connectivity index (χ1) is 28.2. The highest BCUT2D eigenvalue weighted by Crippen LogP contribution is 2.16. The van der Waals surface area contributed by atoms with Crippen LogP contribution in [-0.4, -0.2) is 34.9 Å². The van der Waals surface area contributed by atoms with Gasteiger partial charge in [0.2, 0.25) is 5.91 Å². The van der Waals surface area contributed by atoms with Crippen molar-refractivity contribution in [1.29, 1.82) is 0 Å². The van der Waals surface area contributed by atoms with Crippen LogP contribution in [0.15, 0.2) is 60.8 Å². The Morgan fingerprint density at radius 2 is 0.772 bits per heavy atom. The van der Waals surface area contributed by atoms with Gasteiger partial charge in [0.25, 0.3) is 0 Å². The summed E-state index contributed by atoms with van der Waals surface area (Å²) in [6.45, 7) is 4.21. The molecule has 3 N–H and O–H groups in total. The molecule has 0 aromatic carbocycles. The second kappa shape index (κ2) is 48.5. The summed E-state index contributed by atoms with van der Waals surface area (Å²) in [5.74, 6) is -0.0662. The number of allylic oxidation sites excluding steroid dienone is 9. The van der Waals surface area contributed by atoms with Gasteiger partial charge in [-0.2, -0.15) is 0 Å². The van der Waals surface area contributed by atoms with Crippen LogP contribution in [0.5, 0.6) is 0 Å². The molecular formula is C53H97NO3. The molecule has 0 aliphatic rings. The summed E-state index contributed by atoms with van der Waals surface area (Å²) in [5.41, 5.74) is 0. The van der Waals surface area contributed by atoms with E-state index in [-0.39, 0.29) is 12.5 Å². The molecule has 0 fully saturated rings. The van der Waals surface area contributed by atoms with Crippen LogP contribution in [0.3, 0.4) is 0 Å². The van der Waals surface area contributed by atoms with E-state index in [2.05, 4.69) is 67.8 Å². The third kappa shape index (κ3) is 45.0. The van der Waals surface area contributed by atoms with Crippen molar-refractivity contribution in [2.24, 2.45) is 0 Å². The number of aliphatic hydroxyl groups excluding tert-OH is 2. The van der Waals surface area contributed by atoms with Crippen molar-refractivity contribution in [3.63, 3.8) is 0 Å². The molecule has 0 bridgehead atoms. The Morgan fingerprint density at radius 3 is 1.16 bits per heavy atom. The first-order valence-electron chi connectivity index (χ1n) is 25.0. The largest absolute Gasteiger partial charge is 0.394 e. The first kappa shape index (κ1) is 55.1. The molecule has 0 radical (unpaired) electrons. The summed E-state index contributed by atoms with van der Waals surface area (Å²) in [5, 5.41) is 23.1. The predicted octanol–water partition coefficient (Wildman–Crippen LogP) is 16.1. The minimum absolute atomic E-state index is 0.0662. The molecular weight excluding hydrogens is 699 g/mol. The number of carbonyl (C=O) groups is 1. The molecule has 0 aliphatic heterocycles. The summed E-state index contributed by atoms with van der Waals surface area (Å²) >= 11 is 0. The number of amides is 1. The van der Waals surface area contributed by atoms with E-state index in [0.29, 0.717) is 6.42 Å². The molecule has 0 aromatic heterocycles. The van der Waals surface area contributed by atoms with Gasteiger partial charge in [-0.3, -0.25) is 4.79 Å². The van der Waals surface area contributed by atoms with Crippen molar-refractivity contribution >= 4 is 5.91 Å². The Bertz CT molecular complexity index is 950. The van der Waals surface area contributed by atoms with Crippen LogP contribution in [0.25, 0.3) is 0 Å². The SMILES string of the molecule is CC/C=C\C/C=C\C/C=C\C/C=C\CCCCCCCCCCCCCCC(=O)NC(CO)C(O)/C=C/CCCCCCCCCCCCCCCCCCCC. The van der Waals surface area contributed by atoms with Crippen molar-refractivity contribution in [3.8, 4) is 0 Å². The normalized spacial score (nSPS) is 13.4. The van der Waals surface area contributed by atoms with Crippen LogP contribution in [0, 0.1) is 0 Å². The van der Waals surface area contributed by atoms with Crippen LogP contribution >= 0.6 is 0 Å². The molecule has 2 atom stereocenters. The second-order valence-corrected chi connectivity index (χ2v) is 16.9. The van der Waals surface area contributed by atoms with E-state index < -0.39 is 12.1 Å². The van der Waals surface area contributed by atoms with Gasteiger partial charge in [0.05, 0.1) is 18.8 Å². The highest BCUT2D eigenvalue weighted by atomic mass is 16.3. The third-order valence-electron chi connectivity index (χ3n) is 11.3. The maximum atomic E-state index is 12.4. The minimum Gasteiger partial charge on any atom is -0.394 e. The standard InChI is InChI=1S/C53H97NO3/c1-3-5-7-9-11-13-15-17-19-21-23-25-26-27-28-29-31-33-35-37-39-41-43-45-47-49-53(57)54-51(50-55)52(56)48-46-44-42-40-38-36-34-32-30-24-22-20-18-16-14-12-10-8-6-4-2/h5,7,11,13,17,19,23,25,46,48,51-52,55-56H,3-4,6,8-10,12,14-16,18,20-22,24,26-45,47,49-50H2,1-2H3,(H,54,57)/b7-5-,13-11-,19-17-,25-23-,48-46+. The van der Waals surface area contributed by atoms with E-state index in [4.69, 9.17) is 0 Å². The van der Waals surface area contributed by atoms with Gasteiger partial charge in [0.15, 0.2) is 0 Å². The van der Waals surface area contributed by atoms with Gasteiger partial charge < -0.3 is 15.5 Å². The van der Waals surface area contributed by atoms with Crippen molar-refractivity contribution in [1.82, 2.24) is 5.32 Å². The number of carbonyl (C=O) groups excluding carboxylic acids is 1. The van der Waals surface area contributed by atoms with Gasteiger partial charge in [-0.25, -0.2) is 0 Å². The van der Waals surface area contributed by atoms with Gasteiger partial charge in [-0.15, -0.1) is 0 Å². The Balaban J connectivity index is 3.54. The van der Waals surface area contributed by atoms with Crippen LogP contribution in [0.4, 0.5) is 0 Å². The van der Waals surface area contributed by atoms with Crippen LogP contribution < -0.4 is 5.32 Å². The topological polar surface area (TPSA) is 69.6 Å². The second-order valence-electron chi connectivity index (χ2n) is 16.9. The van der Waals surface area contributed by atoms with Crippen molar-refractivity contribution in [3.05, 3.63) is 60.8 Å². The summed E-state index contributed by atoms with van der Waals surface area (Å²) < 4.78 is 0. The summed E-state index contributed by atoms with van der Waals surface area (Å²) in [7, 11) is 0. The highest BCUT2D eigenvalue weighted by molar-refractivity contribution is 5.76. The summed E-state index contributed by atoms with van der Waals surface area (Å²) in [4.78, 5) is 12.4. The fourth-order valence-corrected chi connectivity index (χ4v) is 7.46. The molecule has 0 aliphatic carbocycles. The number of aliphatic hydroxyl groups is 2. The zero-order valence-corrected chi connectivity index (χ0v) is 38.1. The molecule has 57 heavy (non-hydrogen) atoms. The Morgan fingerprint density at radius 1 is 0.439 bits per heavy atom. The molecule has 0 aromatic rings. The molecule has 0 saturated heterocycles. The van der Waals surface area contributed by atoms with Crippen molar-refractivity contribution in [2.45, 2.75) is 264 Å². The molecule has 0 spiro atoms. The van der Waals surface area contributed by atoms with Crippen molar-refractivity contribution < 1.29 is 15.0 Å². The molecule has 1 amide bonds. The van der Waals surface area contributed by atoms with Crippen molar-refractivity contribution in [2.75, 3.05) is 6.61 Å². The van der Waals surface area contributed by atoms with E-state index >= 15 is 0 Å². The molecule has 0 saturated carbocycles. The van der Waals surface area contributed by atoms with Gasteiger partial charge in [-0.05, 0) is 57.8 Å². The number of hydrogen-bond donors (Lipinski definition) is 3. The maximum absolute atomic E-state index is 12.4. The molecule has 0 heterocycles. The molecule has 2 unspecified atom stereocenters. The average molecular weight is 796 g/mol.